The summed E-state index contributed by atoms with van der Waals surface area (Å²) in [5.41, 5.74) is 2.73. The van der Waals surface area contributed by atoms with Crippen LogP contribution in [0.25, 0.3) is 0 Å². The number of benzene rings is 1. The zero-order valence-electron chi connectivity index (χ0n) is 9.23. The van der Waals surface area contributed by atoms with Gasteiger partial charge in [0.15, 0.2) is 0 Å². The molecule has 2 rings (SSSR count). The average Bonchev–Trinajstić information content (AvgIpc) is 2.38. The summed E-state index contributed by atoms with van der Waals surface area (Å²) in [5.74, 6) is 0. The van der Waals surface area contributed by atoms with Crippen molar-refractivity contribution in [2.24, 2.45) is 0 Å². The highest BCUT2D eigenvalue weighted by atomic mass is 35.5. The second-order valence-corrected chi connectivity index (χ2v) is 4.05. The van der Waals surface area contributed by atoms with Gasteiger partial charge in [0, 0.05) is 24.0 Å². The van der Waals surface area contributed by atoms with E-state index in [2.05, 4.69) is 10.3 Å². The van der Waals surface area contributed by atoms with Crippen molar-refractivity contribution < 1.29 is 5.11 Å². The summed E-state index contributed by atoms with van der Waals surface area (Å²) < 4.78 is 0. The molecule has 1 heterocycles. The molecule has 2 N–H and O–H groups in total. The Morgan fingerprint density at radius 2 is 2.00 bits per heavy atom. The van der Waals surface area contributed by atoms with Crippen molar-refractivity contribution in [1.82, 2.24) is 4.98 Å². The predicted molar refractivity (Wildman–Crippen MR) is 68.9 cm³/mol. The van der Waals surface area contributed by atoms with Crippen LogP contribution in [0, 0.1) is 0 Å². The van der Waals surface area contributed by atoms with Crippen LogP contribution in [0.3, 0.4) is 0 Å². The first-order chi connectivity index (χ1) is 8.29. The van der Waals surface area contributed by atoms with Crippen molar-refractivity contribution in [1.29, 1.82) is 0 Å². The van der Waals surface area contributed by atoms with Crippen molar-refractivity contribution in [3.8, 4) is 0 Å². The van der Waals surface area contributed by atoms with Gasteiger partial charge < -0.3 is 10.4 Å². The van der Waals surface area contributed by atoms with Crippen LogP contribution in [0.4, 0.5) is 5.69 Å². The zero-order chi connectivity index (χ0) is 12.1. The number of aliphatic hydroxyl groups is 1. The molecule has 0 unspecified atom stereocenters. The molecule has 4 heteroatoms. The van der Waals surface area contributed by atoms with Crippen molar-refractivity contribution in [2.75, 3.05) is 5.32 Å². The van der Waals surface area contributed by atoms with E-state index < -0.39 is 0 Å². The Morgan fingerprint density at radius 1 is 1.24 bits per heavy atom. The minimum Gasteiger partial charge on any atom is -0.392 e. The minimum absolute atomic E-state index is 0.0543. The fraction of sp³-hybridized carbons (Fsp3) is 0.154. The Bertz CT molecular complexity index is 488. The van der Waals surface area contributed by atoms with E-state index >= 15 is 0 Å². The summed E-state index contributed by atoms with van der Waals surface area (Å²) in [7, 11) is 0. The van der Waals surface area contributed by atoms with Crippen LogP contribution in [0.2, 0.25) is 5.15 Å². The first kappa shape index (κ1) is 11.9. The molecular weight excluding hydrogens is 236 g/mol. The van der Waals surface area contributed by atoms with E-state index in [9.17, 15) is 5.11 Å². The Morgan fingerprint density at radius 3 is 2.71 bits per heavy atom. The zero-order valence-corrected chi connectivity index (χ0v) is 9.98. The molecule has 0 aliphatic carbocycles. The van der Waals surface area contributed by atoms with Gasteiger partial charge in [0.25, 0.3) is 0 Å². The molecule has 0 spiro atoms. The Balaban J connectivity index is 2.11. The van der Waals surface area contributed by atoms with E-state index in [1.807, 2.05) is 30.3 Å². The number of aromatic nitrogens is 1. The number of hydrogen-bond donors (Lipinski definition) is 2. The lowest BCUT2D eigenvalue weighted by Crippen LogP contribution is -2.03. The SMILES string of the molecule is OCc1cnc(Cl)cc1NCc1ccccc1. The van der Waals surface area contributed by atoms with Gasteiger partial charge in [-0.1, -0.05) is 41.9 Å². The summed E-state index contributed by atoms with van der Waals surface area (Å²) in [6.07, 6.45) is 1.58. The Labute approximate surface area is 105 Å². The predicted octanol–water partition coefficient (Wildman–Crippen LogP) is 2.84. The van der Waals surface area contributed by atoms with Gasteiger partial charge in [0.05, 0.1) is 6.61 Å². The maximum absolute atomic E-state index is 9.18. The Kier molecular flexibility index (Phi) is 3.96. The van der Waals surface area contributed by atoms with Crippen LogP contribution in [0.1, 0.15) is 11.1 Å². The molecule has 2 aromatic rings. The van der Waals surface area contributed by atoms with E-state index in [4.69, 9.17) is 11.6 Å². The standard InChI is InChI=1S/C13H13ClN2O/c14-13-6-12(11(9-17)8-16-13)15-7-10-4-2-1-3-5-10/h1-6,8,17H,7,9H2,(H,15,16). The van der Waals surface area contributed by atoms with Crippen LogP contribution < -0.4 is 5.32 Å². The molecule has 0 saturated heterocycles. The number of nitrogens with one attached hydrogen (secondary N) is 1. The van der Waals surface area contributed by atoms with E-state index in [0.29, 0.717) is 11.7 Å². The van der Waals surface area contributed by atoms with E-state index in [-0.39, 0.29) is 6.61 Å². The summed E-state index contributed by atoms with van der Waals surface area (Å²) in [6, 6.07) is 11.7. The van der Waals surface area contributed by atoms with Crippen molar-refractivity contribution >= 4 is 17.3 Å². The molecule has 0 saturated carbocycles. The van der Waals surface area contributed by atoms with Crippen LogP contribution in [0.15, 0.2) is 42.6 Å². The van der Waals surface area contributed by atoms with Crippen LogP contribution in [-0.4, -0.2) is 10.1 Å². The third kappa shape index (κ3) is 3.19. The maximum Gasteiger partial charge on any atom is 0.131 e. The molecule has 1 aromatic heterocycles. The summed E-state index contributed by atoms with van der Waals surface area (Å²) in [4.78, 5) is 3.93. The molecule has 0 fully saturated rings. The smallest absolute Gasteiger partial charge is 0.131 e. The van der Waals surface area contributed by atoms with Gasteiger partial charge in [-0.2, -0.15) is 0 Å². The fourth-order valence-electron chi connectivity index (χ4n) is 1.54. The molecular formula is C13H13ClN2O. The van der Waals surface area contributed by atoms with Gasteiger partial charge >= 0.3 is 0 Å². The highest BCUT2D eigenvalue weighted by Gasteiger charge is 2.03. The van der Waals surface area contributed by atoms with Crippen molar-refractivity contribution in [3.63, 3.8) is 0 Å². The number of halogens is 1. The lowest BCUT2D eigenvalue weighted by Gasteiger charge is -2.10. The average molecular weight is 249 g/mol. The Hall–Kier alpha value is -1.58. The van der Waals surface area contributed by atoms with Gasteiger partial charge in [-0.25, -0.2) is 4.98 Å². The fourth-order valence-corrected chi connectivity index (χ4v) is 1.70. The van der Waals surface area contributed by atoms with Gasteiger partial charge in [-0.05, 0) is 11.6 Å². The number of nitrogens with zero attached hydrogens (tertiary/aromatic N) is 1. The molecule has 0 aliphatic rings. The van der Waals surface area contributed by atoms with Gasteiger partial charge in [-0.15, -0.1) is 0 Å². The van der Waals surface area contributed by atoms with Gasteiger partial charge in [0.1, 0.15) is 5.15 Å². The van der Waals surface area contributed by atoms with Crippen LogP contribution in [-0.2, 0) is 13.2 Å². The highest BCUT2D eigenvalue weighted by molar-refractivity contribution is 6.29. The van der Waals surface area contributed by atoms with Crippen LogP contribution >= 0.6 is 11.6 Å². The number of rotatable bonds is 4. The monoisotopic (exact) mass is 248 g/mol. The second-order valence-electron chi connectivity index (χ2n) is 3.66. The maximum atomic E-state index is 9.18. The normalized spacial score (nSPS) is 10.2. The molecule has 17 heavy (non-hydrogen) atoms. The van der Waals surface area contributed by atoms with E-state index in [1.54, 1.807) is 12.3 Å². The van der Waals surface area contributed by atoms with Crippen molar-refractivity contribution in [2.45, 2.75) is 13.2 Å². The number of anilines is 1. The number of hydrogen-bond acceptors (Lipinski definition) is 3. The quantitative estimate of drug-likeness (QED) is 0.818. The first-order valence-corrected chi connectivity index (χ1v) is 5.70. The third-order valence-corrected chi connectivity index (χ3v) is 2.66. The first-order valence-electron chi connectivity index (χ1n) is 5.32. The van der Waals surface area contributed by atoms with Crippen LogP contribution in [0.5, 0.6) is 0 Å². The summed E-state index contributed by atoms with van der Waals surface area (Å²) in [6.45, 7) is 0.634. The van der Waals surface area contributed by atoms with E-state index in [0.717, 1.165) is 11.3 Å². The summed E-state index contributed by atoms with van der Waals surface area (Å²) in [5, 5.41) is 12.8. The summed E-state index contributed by atoms with van der Waals surface area (Å²) >= 11 is 5.82. The molecule has 0 aliphatic heterocycles. The van der Waals surface area contributed by atoms with E-state index in [1.165, 1.54) is 5.56 Å². The third-order valence-electron chi connectivity index (χ3n) is 2.45. The topological polar surface area (TPSA) is 45.2 Å². The lowest BCUT2D eigenvalue weighted by molar-refractivity contribution is 0.282. The molecule has 88 valence electrons. The highest BCUT2D eigenvalue weighted by Crippen LogP contribution is 2.19. The molecule has 1 aromatic carbocycles. The lowest BCUT2D eigenvalue weighted by atomic mass is 10.2. The van der Waals surface area contributed by atoms with Gasteiger partial charge in [-0.3, -0.25) is 0 Å². The largest absolute Gasteiger partial charge is 0.392 e. The van der Waals surface area contributed by atoms with Crippen molar-refractivity contribution in [3.05, 3.63) is 58.9 Å². The molecule has 0 atom stereocenters. The second kappa shape index (κ2) is 5.66. The van der Waals surface area contributed by atoms with Gasteiger partial charge in [0.2, 0.25) is 0 Å². The molecule has 0 bridgehead atoms. The molecule has 0 amide bonds. The number of aliphatic hydroxyl groups excluding tert-OH is 1. The minimum atomic E-state index is -0.0543. The number of pyridine rings is 1. The molecule has 0 radical (unpaired) electrons. The molecule has 3 nitrogen and oxygen atoms in total.